The molecule has 0 radical (unpaired) electrons. The number of carbonyl (C=O) groups excluding carboxylic acids is 2. The zero-order chi connectivity index (χ0) is 7.98. The van der Waals surface area contributed by atoms with Gasteiger partial charge >= 0.3 is 11.9 Å². The Morgan fingerprint density at radius 2 is 2.20 bits per heavy atom. The Hall–Kier alpha value is -1.12. The summed E-state index contributed by atoms with van der Waals surface area (Å²) in [5.74, 6) is -1.05. The molecular formula is C7H10O3. The van der Waals surface area contributed by atoms with Crippen LogP contribution in [0, 0.1) is 0 Å². The van der Waals surface area contributed by atoms with Gasteiger partial charge in [-0.15, -0.1) is 6.58 Å². The van der Waals surface area contributed by atoms with Crippen molar-refractivity contribution in [3.8, 4) is 0 Å². The molecule has 0 spiro atoms. The van der Waals surface area contributed by atoms with Gasteiger partial charge in [-0.1, -0.05) is 6.08 Å². The van der Waals surface area contributed by atoms with E-state index in [0.29, 0.717) is 6.42 Å². The number of hydrogen-bond donors (Lipinski definition) is 0. The first-order valence-corrected chi connectivity index (χ1v) is 2.99. The lowest BCUT2D eigenvalue weighted by Crippen LogP contribution is -2.07. The molecule has 3 heteroatoms. The molecule has 0 bridgehead atoms. The first-order valence-electron chi connectivity index (χ1n) is 2.99. The zero-order valence-corrected chi connectivity index (χ0v) is 5.92. The first kappa shape index (κ1) is 8.88. The smallest absolute Gasteiger partial charge is 0.313 e. The van der Waals surface area contributed by atoms with Gasteiger partial charge in [0.15, 0.2) is 0 Å². The van der Waals surface area contributed by atoms with E-state index in [2.05, 4.69) is 11.3 Å². The number of allylic oxidation sites excluding steroid dienone is 1. The standard InChI is InChI=1S/C7H10O3/c1-3-4-5-7(9)10-6(2)8/h3H,1,4-5H2,2H3. The average molecular weight is 142 g/mol. The Bertz CT molecular complexity index is 149. The van der Waals surface area contributed by atoms with E-state index in [-0.39, 0.29) is 6.42 Å². The summed E-state index contributed by atoms with van der Waals surface area (Å²) in [4.78, 5) is 20.7. The van der Waals surface area contributed by atoms with E-state index >= 15 is 0 Å². The topological polar surface area (TPSA) is 43.4 Å². The third-order valence-corrected chi connectivity index (χ3v) is 0.810. The normalized spacial score (nSPS) is 8.50. The van der Waals surface area contributed by atoms with E-state index < -0.39 is 11.9 Å². The van der Waals surface area contributed by atoms with Crippen LogP contribution in [0.2, 0.25) is 0 Å². The van der Waals surface area contributed by atoms with Crippen molar-refractivity contribution in [2.45, 2.75) is 19.8 Å². The lowest BCUT2D eigenvalue weighted by atomic mass is 10.3. The monoisotopic (exact) mass is 142 g/mol. The van der Waals surface area contributed by atoms with Crippen LogP contribution in [0.25, 0.3) is 0 Å². The minimum absolute atomic E-state index is 0.225. The van der Waals surface area contributed by atoms with Crippen LogP contribution in [0.3, 0.4) is 0 Å². The molecule has 0 rings (SSSR count). The van der Waals surface area contributed by atoms with Crippen molar-refractivity contribution in [1.82, 2.24) is 0 Å². The van der Waals surface area contributed by atoms with E-state index in [1.807, 2.05) is 0 Å². The summed E-state index contributed by atoms with van der Waals surface area (Å²) in [5.41, 5.74) is 0. The second kappa shape index (κ2) is 4.73. The lowest BCUT2D eigenvalue weighted by Gasteiger charge is -1.95. The van der Waals surface area contributed by atoms with Gasteiger partial charge in [0.25, 0.3) is 0 Å². The quantitative estimate of drug-likeness (QED) is 0.336. The number of ether oxygens (including phenoxy) is 1. The maximum Gasteiger partial charge on any atom is 0.313 e. The van der Waals surface area contributed by atoms with E-state index in [9.17, 15) is 9.59 Å². The van der Waals surface area contributed by atoms with Gasteiger partial charge in [-0.05, 0) is 6.42 Å². The van der Waals surface area contributed by atoms with Crippen LogP contribution in [0.15, 0.2) is 12.7 Å². The van der Waals surface area contributed by atoms with Crippen molar-refractivity contribution >= 4 is 11.9 Å². The number of rotatable bonds is 3. The third kappa shape index (κ3) is 5.03. The van der Waals surface area contributed by atoms with Crippen molar-refractivity contribution in [2.75, 3.05) is 0 Å². The van der Waals surface area contributed by atoms with Gasteiger partial charge in [0.2, 0.25) is 0 Å². The first-order chi connectivity index (χ1) is 4.66. The van der Waals surface area contributed by atoms with Crippen LogP contribution < -0.4 is 0 Å². The largest absolute Gasteiger partial charge is 0.393 e. The molecule has 0 aliphatic rings. The highest BCUT2D eigenvalue weighted by molar-refractivity contribution is 5.84. The highest BCUT2D eigenvalue weighted by Gasteiger charge is 2.02. The molecule has 0 saturated heterocycles. The maximum atomic E-state index is 10.5. The SMILES string of the molecule is C=CCCC(=O)OC(C)=O. The lowest BCUT2D eigenvalue weighted by molar-refractivity contribution is -0.157. The highest BCUT2D eigenvalue weighted by atomic mass is 16.6. The molecule has 0 fully saturated rings. The van der Waals surface area contributed by atoms with Gasteiger partial charge in [-0.25, -0.2) is 0 Å². The van der Waals surface area contributed by atoms with Gasteiger partial charge in [0.1, 0.15) is 0 Å². The van der Waals surface area contributed by atoms with E-state index in [1.165, 1.54) is 6.92 Å². The van der Waals surface area contributed by atoms with Crippen LogP contribution in [-0.4, -0.2) is 11.9 Å². The fraction of sp³-hybridized carbons (Fsp3) is 0.429. The van der Waals surface area contributed by atoms with E-state index in [1.54, 1.807) is 6.08 Å². The Morgan fingerprint density at radius 1 is 1.60 bits per heavy atom. The summed E-state index contributed by atoms with van der Waals surface area (Å²) < 4.78 is 4.23. The van der Waals surface area contributed by atoms with E-state index in [4.69, 9.17) is 0 Å². The van der Waals surface area contributed by atoms with Gasteiger partial charge in [-0.3, -0.25) is 9.59 Å². The Labute approximate surface area is 59.7 Å². The average Bonchev–Trinajstić information content (AvgIpc) is 1.82. The molecule has 56 valence electrons. The summed E-state index contributed by atoms with van der Waals surface area (Å²) in [6.07, 6.45) is 2.37. The molecule has 0 aromatic rings. The van der Waals surface area contributed by atoms with Crippen LogP contribution >= 0.6 is 0 Å². The second-order valence-corrected chi connectivity index (χ2v) is 1.79. The summed E-state index contributed by atoms with van der Waals surface area (Å²) >= 11 is 0. The molecule has 10 heavy (non-hydrogen) atoms. The van der Waals surface area contributed by atoms with Crippen molar-refractivity contribution in [2.24, 2.45) is 0 Å². The Morgan fingerprint density at radius 3 is 2.60 bits per heavy atom. The Balaban J connectivity index is 3.43. The highest BCUT2D eigenvalue weighted by Crippen LogP contribution is 1.92. The zero-order valence-electron chi connectivity index (χ0n) is 5.92. The van der Waals surface area contributed by atoms with Crippen molar-refractivity contribution in [3.05, 3.63) is 12.7 Å². The van der Waals surface area contributed by atoms with Gasteiger partial charge in [0, 0.05) is 13.3 Å². The number of esters is 2. The number of hydrogen-bond acceptors (Lipinski definition) is 3. The van der Waals surface area contributed by atoms with Crippen molar-refractivity contribution in [1.29, 1.82) is 0 Å². The molecule has 0 atom stereocenters. The van der Waals surface area contributed by atoms with Crippen molar-refractivity contribution < 1.29 is 14.3 Å². The third-order valence-electron chi connectivity index (χ3n) is 0.810. The van der Waals surface area contributed by atoms with Crippen LogP contribution in [0.5, 0.6) is 0 Å². The molecule has 0 saturated carbocycles. The molecule has 0 aromatic heterocycles. The molecule has 0 heterocycles. The van der Waals surface area contributed by atoms with Gasteiger partial charge in [0.05, 0.1) is 0 Å². The summed E-state index contributed by atoms with van der Waals surface area (Å²) in [6.45, 7) is 4.62. The maximum absolute atomic E-state index is 10.5. The van der Waals surface area contributed by atoms with E-state index in [0.717, 1.165) is 0 Å². The van der Waals surface area contributed by atoms with Gasteiger partial charge in [-0.2, -0.15) is 0 Å². The summed E-state index contributed by atoms with van der Waals surface area (Å²) in [6, 6.07) is 0. The second-order valence-electron chi connectivity index (χ2n) is 1.79. The fourth-order valence-corrected chi connectivity index (χ4v) is 0.431. The molecule has 0 unspecified atom stereocenters. The molecule has 0 aliphatic heterocycles. The van der Waals surface area contributed by atoms with Crippen molar-refractivity contribution in [3.63, 3.8) is 0 Å². The minimum atomic E-state index is -0.561. The van der Waals surface area contributed by atoms with Gasteiger partial charge < -0.3 is 4.74 Å². The fourth-order valence-electron chi connectivity index (χ4n) is 0.431. The molecule has 0 aromatic carbocycles. The molecular weight excluding hydrogens is 132 g/mol. The predicted octanol–water partition coefficient (Wildman–Crippen LogP) is 1.04. The summed E-state index contributed by atoms with van der Waals surface area (Å²) in [7, 11) is 0. The minimum Gasteiger partial charge on any atom is -0.393 e. The molecule has 0 aliphatic carbocycles. The summed E-state index contributed by atoms with van der Waals surface area (Å²) in [5, 5.41) is 0. The van der Waals surface area contributed by atoms with Crippen LogP contribution in [0.1, 0.15) is 19.8 Å². The van der Waals surface area contributed by atoms with Crippen LogP contribution in [-0.2, 0) is 14.3 Å². The molecule has 3 nitrogen and oxygen atoms in total. The molecule has 0 N–H and O–H groups in total. The van der Waals surface area contributed by atoms with Crippen LogP contribution in [0.4, 0.5) is 0 Å². The predicted molar refractivity (Wildman–Crippen MR) is 36.2 cm³/mol. The molecule has 0 amide bonds. The number of carbonyl (C=O) groups is 2. The Kier molecular flexibility index (Phi) is 4.20.